The number of hydrogen-bond donors (Lipinski definition) is 1. The largest absolute Gasteiger partial charge is 0.381 e. The van der Waals surface area contributed by atoms with Crippen LogP contribution in [0.1, 0.15) is 23.2 Å². The Balaban J connectivity index is 2.01. The second kappa shape index (κ2) is 6.67. The van der Waals surface area contributed by atoms with Crippen LogP contribution < -0.4 is 5.32 Å². The van der Waals surface area contributed by atoms with Crippen molar-refractivity contribution in [2.45, 2.75) is 12.8 Å². The summed E-state index contributed by atoms with van der Waals surface area (Å²) in [5.74, 6) is -0.116. The van der Waals surface area contributed by atoms with Gasteiger partial charge in [-0.25, -0.2) is 0 Å². The molecule has 0 unspecified atom stereocenters. The molecule has 1 aromatic carbocycles. The second-order valence-electron chi connectivity index (χ2n) is 4.69. The first-order valence-corrected chi connectivity index (χ1v) is 6.76. The average molecular weight is 299 g/mol. The molecule has 0 radical (unpaired) electrons. The van der Waals surface area contributed by atoms with E-state index in [9.17, 15) is 14.9 Å². The molecule has 108 valence electrons. The molecule has 1 N–H and O–H groups in total. The topological polar surface area (TPSA) is 81.5 Å². The summed E-state index contributed by atoms with van der Waals surface area (Å²) in [5, 5.41) is 13.4. The van der Waals surface area contributed by atoms with Gasteiger partial charge in [-0.2, -0.15) is 0 Å². The Morgan fingerprint density at radius 3 is 3.00 bits per heavy atom. The van der Waals surface area contributed by atoms with E-state index in [2.05, 4.69) is 5.32 Å². The summed E-state index contributed by atoms with van der Waals surface area (Å²) in [5.41, 5.74) is -0.141. The normalized spacial score (nSPS) is 18.6. The molecule has 1 amide bonds. The maximum atomic E-state index is 12.0. The van der Waals surface area contributed by atoms with Crippen molar-refractivity contribution < 1.29 is 14.5 Å². The minimum atomic E-state index is -0.603. The van der Waals surface area contributed by atoms with Gasteiger partial charge in [-0.15, -0.1) is 0 Å². The van der Waals surface area contributed by atoms with Crippen LogP contribution >= 0.6 is 11.6 Å². The van der Waals surface area contributed by atoms with Gasteiger partial charge in [-0.05, 0) is 24.8 Å². The molecule has 1 aromatic rings. The number of nitro groups is 1. The molecular formula is C13H15ClN2O4. The van der Waals surface area contributed by atoms with E-state index in [0.29, 0.717) is 13.2 Å². The molecule has 7 heteroatoms. The summed E-state index contributed by atoms with van der Waals surface area (Å²) in [7, 11) is 0. The Hall–Kier alpha value is -1.66. The SMILES string of the molecule is O=C(NC[C@H]1CCCOC1)c1cccc([N+](=O)[O-])c1Cl. The van der Waals surface area contributed by atoms with E-state index in [1.54, 1.807) is 0 Å². The second-order valence-corrected chi connectivity index (χ2v) is 5.07. The van der Waals surface area contributed by atoms with Crippen LogP contribution in [0.25, 0.3) is 0 Å². The lowest BCUT2D eigenvalue weighted by molar-refractivity contribution is -0.384. The van der Waals surface area contributed by atoms with Crippen LogP contribution in [0.3, 0.4) is 0 Å². The lowest BCUT2D eigenvalue weighted by atomic mass is 10.0. The Bertz CT molecular complexity index is 515. The lowest BCUT2D eigenvalue weighted by Crippen LogP contribution is -2.33. The fourth-order valence-corrected chi connectivity index (χ4v) is 2.42. The fourth-order valence-electron chi connectivity index (χ4n) is 2.14. The highest BCUT2D eigenvalue weighted by atomic mass is 35.5. The predicted octanol–water partition coefficient (Wildman–Crippen LogP) is 2.40. The Morgan fingerprint density at radius 1 is 1.55 bits per heavy atom. The van der Waals surface area contributed by atoms with Crippen molar-refractivity contribution in [1.29, 1.82) is 0 Å². The first-order chi connectivity index (χ1) is 9.59. The molecule has 0 bridgehead atoms. The van der Waals surface area contributed by atoms with Crippen LogP contribution in [0, 0.1) is 16.0 Å². The molecule has 0 aliphatic carbocycles. The zero-order valence-corrected chi connectivity index (χ0v) is 11.6. The monoisotopic (exact) mass is 298 g/mol. The Morgan fingerprint density at radius 2 is 2.35 bits per heavy atom. The van der Waals surface area contributed by atoms with Gasteiger partial charge >= 0.3 is 0 Å². The van der Waals surface area contributed by atoms with Crippen molar-refractivity contribution in [1.82, 2.24) is 5.32 Å². The standard InChI is InChI=1S/C13H15ClN2O4/c14-12-10(4-1-5-11(12)16(18)19)13(17)15-7-9-3-2-6-20-8-9/h1,4-5,9H,2-3,6-8H2,(H,15,17)/t9-/m1/s1. The zero-order valence-electron chi connectivity index (χ0n) is 10.8. The van der Waals surface area contributed by atoms with Gasteiger partial charge in [-0.3, -0.25) is 14.9 Å². The number of benzene rings is 1. The quantitative estimate of drug-likeness (QED) is 0.683. The third-order valence-electron chi connectivity index (χ3n) is 3.23. The molecule has 6 nitrogen and oxygen atoms in total. The third-order valence-corrected chi connectivity index (χ3v) is 3.62. The Kier molecular flexibility index (Phi) is 4.92. The van der Waals surface area contributed by atoms with Crippen LogP contribution in [0.2, 0.25) is 5.02 Å². The molecule has 1 aliphatic heterocycles. The van der Waals surface area contributed by atoms with E-state index in [-0.39, 0.29) is 22.2 Å². The highest BCUT2D eigenvalue weighted by Gasteiger charge is 2.21. The van der Waals surface area contributed by atoms with Crippen LogP contribution in [0.5, 0.6) is 0 Å². The summed E-state index contributed by atoms with van der Waals surface area (Å²) in [6, 6.07) is 4.19. The van der Waals surface area contributed by atoms with Crippen molar-refractivity contribution in [3.63, 3.8) is 0 Å². The minimum Gasteiger partial charge on any atom is -0.381 e. The molecule has 0 aromatic heterocycles. The van der Waals surface area contributed by atoms with E-state index in [0.717, 1.165) is 19.4 Å². The summed E-state index contributed by atoms with van der Waals surface area (Å²) in [4.78, 5) is 22.2. The zero-order chi connectivity index (χ0) is 14.5. The van der Waals surface area contributed by atoms with Crippen LogP contribution in [-0.4, -0.2) is 30.6 Å². The number of rotatable bonds is 4. The van der Waals surface area contributed by atoms with Crippen molar-refractivity contribution in [2.75, 3.05) is 19.8 Å². The fraction of sp³-hybridized carbons (Fsp3) is 0.462. The Labute approximate surface area is 121 Å². The van der Waals surface area contributed by atoms with Gasteiger partial charge in [0.05, 0.1) is 17.1 Å². The van der Waals surface area contributed by atoms with Gasteiger partial charge in [0.15, 0.2) is 0 Å². The van der Waals surface area contributed by atoms with Crippen molar-refractivity contribution in [3.8, 4) is 0 Å². The summed E-state index contributed by atoms with van der Waals surface area (Å²) in [6.45, 7) is 1.88. The van der Waals surface area contributed by atoms with E-state index in [1.807, 2.05) is 0 Å². The van der Waals surface area contributed by atoms with Crippen LogP contribution in [-0.2, 0) is 4.74 Å². The van der Waals surface area contributed by atoms with E-state index in [1.165, 1.54) is 18.2 Å². The summed E-state index contributed by atoms with van der Waals surface area (Å²) in [6.07, 6.45) is 1.99. The number of carbonyl (C=O) groups excluding carboxylic acids is 1. The van der Waals surface area contributed by atoms with E-state index < -0.39 is 10.8 Å². The summed E-state index contributed by atoms with van der Waals surface area (Å²) >= 11 is 5.89. The molecule has 1 heterocycles. The van der Waals surface area contributed by atoms with Gasteiger partial charge < -0.3 is 10.1 Å². The van der Waals surface area contributed by atoms with E-state index >= 15 is 0 Å². The smallest absolute Gasteiger partial charge is 0.288 e. The third kappa shape index (κ3) is 3.46. The highest BCUT2D eigenvalue weighted by Crippen LogP contribution is 2.27. The van der Waals surface area contributed by atoms with Gasteiger partial charge in [0.2, 0.25) is 0 Å². The van der Waals surface area contributed by atoms with Gasteiger partial charge in [0.1, 0.15) is 5.02 Å². The van der Waals surface area contributed by atoms with Gasteiger partial charge in [0.25, 0.3) is 11.6 Å². The lowest BCUT2D eigenvalue weighted by Gasteiger charge is -2.22. The minimum absolute atomic E-state index is 0.123. The molecule has 2 rings (SSSR count). The van der Waals surface area contributed by atoms with Crippen LogP contribution in [0.4, 0.5) is 5.69 Å². The molecule has 1 atom stereocenters. The molecule has 20 heavy (non-hydrogen) atoms. The number of nitrogens with one attached hydrogen (secondary N) is 1. The number of ether oxygens (including phenoxy) is 1. The molecule has 0 spiro atoms. The van der Waals surface area contributed by atoms with Gasteiger partial charge in [-0.1, -0.05) is 17.7 Å². The summed E-state index contributed by atoms with van der Waals surface area (Å²) < 4.78 is 5.33. The molecule has 1 aliphatic rings. The number of amides is 1. The van der Waals surface area contributed by atoms with Gasteiger partial charge in [0, 0.05) is 19.2 Å². The number of nitrogens with zero attached hydrogens (tertiary/aromatic N) is 1. The number of hydrogen-bond acceptors (Lipinski definition) is 4. The number of nitro benzene ring substituents is 1. The van der Waals surface area contributed by atoms with Crippen molar-refractivity contribution in [2.24, 2.45) is 5.92 Å². The average Bonchev–Trinajstić information content (AvgIpc) is 2.46. The first-order valence-electron chi connectivity index (χ1n) is 6.38. The number of carbonyl (C=O) groups is 1. The van der Waals surface area contributed by atoms with Crippen molar-refractivity contribution >= 4 is 23.2 Å². The maximum absolute atomic E-state index is 12.0. The highest BCUT2D eigenvalue weighted by molar-refractivity contribution is 6.35. The maximum Gasteiger partial charge on any atom is 0.288 e. The molecular weight excluding hydrogens is 284 g/mol. The van der Waals surface area contributed by atoms with E-state index in [4.69, 9.17) is 16.3 Å². The first kappa shape index (κ1) is 14.7. The molecule has 1 fully saturated rings. The molecule has 0 saturated carbocycles. The number of halogens is 1. The van der Waals surface area contributed by atoms with Crippen LogP contribution in [0.15, 0.2) is 18.2 Å². The molecule has 1 saturated heterocycles. The predicted molar refractivity (Wildman–Crippen MR) is 74.0 cm³/mol. The van der Waals surface area contributed by atoms with Crippen molar-refractivity contribution in [3.05, 3.63) is 38.9 Å².